The normalized spacial score (nSPS) is 14.3. The number of rotatable bonds is 1. The van der Waals surface area contributed by atoms with Crippen molar-refractivity contribution < 1.29 is 14.6 Å². The van der Waals surface area contributed by atoms with Crippen molar-refractivity contribution in [2.45, 2.75) is 0 Å². The van der Waals surface area contributed by atoms with Crippen LogP contribution in [0.3, 0.4) is 0 Å². The summed E-state index contributed by atoms with van der Waals surface area (Å²) < 4.78 is 5.24. The van der Waals surface area contributed by atoms with Crippen LogP contribution in [0.5, 0.6) is 5.75 Å². The largest absolute Gasteiger partial charge is 0.489 e. The Balaban J connectivity index is 2.44. The first-order valence-electron chi connectivity index (χ1n) is 3.50. The van der Waals surface area contributed by atoms with Crippen LogP contribution < -0.4 is 10.1 Å². The van der Waals surface area contributed by atoms with Gasteiger partial charge in [0.2, 0.25) is 0 Å². The summed E-state index contributed by atoms with van der Waals surface area (Å²) in [6.07, 6.45) is 0. The zero-order valence-corrected chi connectivity index (χ0v) is 6.98. The number of hydrogen-bond acceptors (Lipinski definition) is 4. The van der Waals surface area contributed by atoms with Crippen molar-refractivity contribution >= 4 is 23.0 Å². The zero-order valence-electron chi connectivity index (χ0n) is 6.16. The number of thiophene rings is 1. The fraction of sp³-hybridized carbons (Fsp3) is 0.286. The minimum Gasteiger partial charge on any atom is -0.489 e. The summed E-state index contributed by atoms with van der Waals surface area (Å²) in [5, 5.41) is 13.5. The second-order valence-electron chi connectivity index (χ2n) is 2.38. The Morgan fingerprint density at radius 2 is 2.58 bits per heavy atom. The molecule has 5 heteroatoms. The smallest absolute Gasteiger partial charge is 0.348 e. The van der Waals surface area contributed by atoms with Gasteiger partial charge in [0.1, 0.15) is 17.2 Å². The van der Waals surface area contributed by atoms with Crippen molar-refractivity contribution in [2.24, 2.45) is 0 Å². The van der Waals surface area contributed by atoms with E-state index >= 15 is 0 Å². The predicted octanol–water partition coefficient (Wildman–Crippen LogP) is 1.25. The lowest BCUT2D eigenvalue weighted by Crippen LogP contribution is -2.18. The summed E-state index contributed by atoms with van der Waals surface area (Å²) in [7, 11) is 0. The van der Waals surface area contributed by atoms with Crippen molar-refractivity contribution in [3.05, 3.63) is 10.3 Å². The third kappa shape index (κ3) is 1.02. The molecular formula is C7H7NO3S. The van der Waals surface area contributed by atoms with E-state index in [4.69, 9.17) is 9.84 Å². The first kappa shape index (κ1) is 7.42. The molecule has 0 bridgehead atoms. The monoisotopic (exact) mass is 185 g/mol. The molecule has 2 N–H and O–H groups in total. The molecule has 0 amide bonds. The summed E-state index contributed by atoms with van der Waals surface area (Å²) in [6.45, 7) is 1.27. The van der Waals surface area contributed by atoms with Crippen LogP contribution in [0.1, 0.15) is 9.67 Å². The van der Waals surface area contributed by atoms with Gasteiger partial charge >= 0.3 is 5.97 Å². The molecule has 1 aromatic heterocycles. The molecule has 0 saturated carbocycles. The topological polar surface area (TPSA) is 58.6 Å². The SMILES string of the molecule is O=C(O)c1scc2c1NCCO2. The average molecular weight is 185 g/mol. The number of anilines is 1. The second-order valence-corrected chi connectivity index (χ2v) is 3.26. The standard InChI is InChI=1S/C7H7NO3S/c9-7(10)6-5-4(3-12-6)11-2-1-8-5/h3,8H,1-2H2,(H,9,10). The van der Waals surface area contributed by atoms with Crippen molar-refractivity contribution in [3.8, 4) is 5.75 Å². The molecule has 0 fully saturated rings. The van der Waals surface area contributed by atoms with Gasteiger partial charge in [0.05, 0.1) is 0 Å². The number of aromatic carboxylic acids is 1. The van der Waals surface area contributed by atoms with Crippen molar-refractivity contribution in [3.63, 3.8) is 0 Å². The molecule has 1 aliphatic rings. The molecule has 12 heavy (non-hydrogen) atoms. The lowest BCUT2D eigenvalue weighted by Gasteiger charge is -2.15. The molecular weight excluding hydrogens is 178 g/mol. The maximum Gasteiger partial charge on any atom is 0.348 e. The molecule has 1 aliphatic heterocycles. The first-order chi connectivity index (χ1) is 5.79. The van der Waals surface area contributed by atoms with Gasteiger partial charge in [0, 0.05) is 11.9 Å². The van der Waals surface area contributed by atoms with E-state index in [2.05, 4.69) is 5.32 Å². The van der Waals surface area contributed by atoms with Crippen LogP contribution in [-0.4, -0.2) is 24.2 Å². The van der Waals surface area contributed by atoms with E-state index in [1.165, 1.54) is 11.3 Å². The highest BCUT2D eigenvalue weighted by Gasteiger charge is 2.20. The van der Waals surface area contributed by atoms with Crippen LogP contribution in [0.25, 0.3) is 0 Å². The van der Waals surface area contributed by atoms with E-state index in [0.717, 1.165) is 0 Å². The lowest BCUT2D eigenvalue weighted by atomic mass is 10.3. The van der Waals surface area contributed by atoms with Gasteiger partial charge in [-0.15, -0.1) is 11.3 Å². The number of fused-ring (bicyclic) bond motifs is 1. The summed E-state index contributed by atoms with van der Waals surface area (Å²) in [5.41, 5.74) is 0.624. The quantitative estimate of drug-likeness (QED) is 0.691. The summed E-state index contributed by atoms with van der Waals surface area (Å²) in [5.74, 6) is -0.247. The second kappa shape index (κ2) is 2.67. The number of ether oxygens (including phenoxy) is 1. The van der Waals surface area contributed by atoms with Gasteiger partial charge in [-0.25, -0.2) is 4.79 Å². The maximum atomic E-state index is 10.6. The van der Waals surface area contributed by atoms with Gasteiger partial charge in [-0.3, -0.25) is 0 Å². The number of carboxylic acid groups (broad SMARTS) is 1. The molecule has 64 valence electrons. The highest BCUT2D eigenvalue weighted by molar-refractivity contribution is 7.13. The Labute approximate surface area is 72.8 Å². The van der Waals surface area contributed by atoms with Crippen molar-refractivity contribution in [1.29, 1.82) is 0 Å². The molecule has 2 rings (SSSR count). The zero-order chi connectivity index (χ0) is 8.55. The van der Waals surface area contributed by atoms with Crippen LogP contribution in [0, 0.1) is 0 Å². The van der Waals surface area contributed by atoms with Gasteiger partial charge in [-0.05, 0) is 0 Å². The summed E-state index contributed by atoms with van der Waals surface area (Å²) in [4.78, 5) is 11.0. The minimum absolute atomic E-state index is 0.324. The molecule has 0 aliphatic carbocycles. The molecule has 0 unspecified atom stereocenters. The van der Waals surface area contributed by atoms with Crippen molar-refractivity contribution in [2.75, 3.05) is 18.5 Å². The molecule has 0 radical (unpaired) electrons. The van der Waals surface area contributed by atoms with Gasteiger partial charge < -0.3 is 15.2 Å². The van der Waals surface area contributed by atoms with E-state index in [1.54, 1.807) is 5.38 Å². The highest BCUT2D eigenvalue weighted by atomic mass is 32.1. The van der Waals surface area contributed by atoms with E-state index in [9.17, 15) is 4.79 Å². The van der Waals surface area contributed by atoms with Crippen LogP contribution >= 0.6 is 11.3 Å². The fourth-order valence-electron chi connectivity index (χ4n) is 1.11. The molecule has 0 saturated heterocycles. The Bertz CT molecular complexity index is 320. The predicted molar refractivity (Wildman–Crippen MR) is 45.3 cm³/mol. The van der Waals surface area contributed by atoms with E-state index < -0.39 is 5.97 Å². The number of hydrogen-bond donors (Lipinski definition) is 2. The molecule has 0 aromatic carbocycles. The summed E-state index contributed by atoms with van der Waals surface area (Å²) >= 11 is 1.19. The number of carbonyl (C=O) groups is 1. The van der Waals surface area contributed by atoms with Crippen LogP contribution in [-0.2, 0) is 0 Å². The Morgan fingerprint density at radius 1 is 1.75 bits per heavy atom. The van der Waals surface area contributed by atoms with Crippen LogP contribution in [0.2, 0.25) is 0 Å². The van der Waals surface area contributed by atoms with E-state index in [-0.39, 0.29) is 0 Å². The number of carboxylic acids is 1. The molecule has 0 spiro atoms. The van der Waals surface area contributed by atoms with E-state index in [0.29, 0.717) is 29.5 Å². The average Bonchev–Trinajstić information content (AvgIpc) is 2.47. The van der Waals surface area contributed by atoms with Gasteiger partial charge in [-0.2, -0.15) is 0 Å². The summed E-state index contributed by atoms with van der Waals surface area (Å²) in [6, 6.07) is 0. The minimum atomic E-state index is -0.903. The van der Waals surface area contributed by atoms with E-state index in [1.807, 2.05) is 0 Å². The molecule has 4 nitrogen and oxygen atoms in total. The van der Waals surface area contributed by atoms with Gasteiger partial charge in [-0.1, -0.05) is 0 Å². The highest BCUT2D eigenvalue weighted by Crippen LogP contribution is 2.36. The third-order valence-corrected chi connectivity index (χ3v) is 2.56. The van der Waals surface area contributed by atoms with Crippen molar-refractivity contribution in [1.82, 2.24) is 0 Å². The first-order valence-corrected chi connectivity index (χ1v) is 4.38. The van der Waals surface area contributed by atoms with Gasteiger partial charge in [0.25, 0.3) is 0 Å². The third-order valence-electron chi connectivity index (χ3n) is 1.61. The maximum absolute atomic E-state index is 10.6. The van der Waals surface area contributed by atoms with Gasteiger partial charge in [0.15, 0.2) is 5.75 Å². The Hall–Kier alpha value is -1.23. The fourth-order valence-corrected chi connectivity index (χ4v) is 1.91. The molecule has 0 atom stereocenters. The molecule has 1 aromatic rings. The lowest BCUT2D eigenvalue weighted by molar-refractivity contribution is 0.0702. The van der Waals surface area contributed by atoms with Crippen LogP contribution in [0.4, 0.5) is 5.69 Å². The Kier molecular flexibility index (Phi) is 1.65. The van der Waals surface area contributed by atoms with Crippen LogP contribution in [0.15, 0.2) is 5.38 Å². The number of nitrogens with one attached hydrogen (secondary N) is 1. The Morgan fingerprint density at radius 3 is 3.33 bits per heavy atom. The molecule has 2 heterocycles.